The van der Waals surface area contributed by atoms with Crippen LogP contribution in [-0.4, -0.2) is 55.2 Å². The Hall–Kier alpha value is -1.06. The number of hydrogen-bond acceptors (Lipinski definition) is 5. The van der Waals surface area contributed by atoms with Crippen LogP contribution in [0, 0.1) is 5.92 Å². The van der Waals surface area contributed by atoms with Crippen molar-refractivity contribution in [3.05, 3.63) is 0 Å². The van der Waals surface area contributed by atoms with Crippen molar-refractivity contribution < 1.29 is 28.2 Å². The van der Waals surface area contributed by atoms with Crippen LogP contribution >= 0.6 is 0 Å². The van der Waals surface area contributed by atoms with E-state index in [2.05, 4.69) is 15.2 Å². The van der Waals surface area contributed by atoms with Crippen LogP contribution < -0.4 is 11.1 Å². The molecule has 0 rings (SSSR count). The Labute approximate surface area is 103 Å². The minimum Gasteiger partial charge on any atom is -0.409 e. The Kier molecular flexibility index (Phi) is 7.64. The molecule has 9 heteroatoms. The number of nitrogens with two attached hydrogens (primary N) is 1. The average Bonchev–Trinajstić information content (AvgIpc) is 2.26. The van der Waals surface area contributed by atoms with Crippen LogP contribution in [0.25, 0.3) is 0 Å². The summed E-state index contributed by atoms with van der Waals surface area (Å²) in [5, 5.41) is 22.4. The highest BCUT2D eigenvalue weighted by atomic mass is 19.4. The van der Waals surface area contributed by atoms with Gasteiger partial charge in [0.15, 0.2) is 5.84 Å². The summed E-state index contributed by atoms with van der Waals surface area (Å²) in [6.45, 7) is -0.237. The van der Waals surface area contributed by atoms with Gasteiger partial charge in [0.2, 0.25) is 0 Å². The Morgan fingerprint density at radius 1 is 1.50 bits per heavy atom. The highest BCUT2D eigenvalue weighted by Gasteiger charge is 2.42. The molecule has 0 aromatic carbocycles. The van der Waals surface area contributed by atoms with Gasteiger partial charge in [0, 0.05) is 13.7 Å². The Morgan fingerprint density at radius 2 is 2.11 bits per heavy atom. The number of oxime groups is 1. The number of halogens is 3. The van der Waals surface area contributed by atoms with Crippen molar-refractivity contribution in [2.75, 3.05) is 26.8 Å². The minimum absolute atomic E-state index is 0.116. The number of nitrogens with one attached hydrogen (secondary N) is 1. The zero-order valence-electron chi connectivity index (χ0n) is 9.94. The van der Waals surface area contributed by atoms with Crippen molar-refractivity contribution in [1.82, 2.24) is 5.32 Å². The summed E-state index contributed by atoms with van der Waals surface area (Å²) in [4.78, 5) is 0. The Balaban J connectivity index is 4.07. The summed E-state index contributed by atoms with van der Waals surface area (Å²) in [7, 11) is 1.41. The molecule has 108 valence electrons. The first kappa shape index (κ1) is 16.9. The zero-order valence-corrected chi connectivity index (χ0v) is 9.94. The first-order valence-corrected chi connectivity index (χ1v) is 5.24. The van der Waals surface area contributed by atoms with Crippen molar-refractivity contribution in [2.45, 2.75) is 18.7 Å². The fourth-order valence-electron chi connectivity index (χ4n) is 1.25. The molecule has 0 heterocycles. The van der Waals surface area contributed by atoms with Crippen molar-refractivity contribution in [3.63, 3.8) is 0 Å². The van der Waals surface area contributed by atoms with E-state index in [1.165, 1.54) is 7.11 Å². The molecule has 5 N–H and O–H groups in total. The molecular formula is C9H18F3N3O3. The van der Waals surface area contributed by atoms with E-state index in [0.717, 1.165) is 0 Å². The monoisotopic (exact) mass is 273 g/mol. The van der Waals surface area contributed by atoms with Gasteiger partial charge in [0.25, 0.3) is 0 Å². The van der Waals surface area contributed by atoms with Gasteiger partial charge in [0.1, 0.15) is 5.92 Å². The molecule has 0 aromatic heterocycles. The van der Waals surface area contributed by atoms with Gasteiger partial charge < -0.3 is 26.1 Å². The number of aliphatic hydroxyl groups is 1. The van der Waals surface area contributed by atoms with Gasteiger partial charge in [-0.1, -0.05) is 5.16 Å². The van der Waals surface area contributed by atoms with Crippen LogP contribution in [-0.2, 0) is 4.74 Å². The lowest BCUT2D eigenvalue weighted by Gasteiger charge is -2.19. The highest BCUT2D eigenvalue weighted by molar-refractivity contribution is 5.83. The molecule has 0 aliphatic carbocycles. The summed E-state index contributed by atoms with van der Waals surface area (Å²) in [6, 6.07) is 0. The topological polar surface area (TPSA) is 100 Å². The summed E-state index contributed by atoms with van der Waals surface area (Å²) >= 11 is 0. The molecule has 0 aliphatic rings. The van der Waals surface area contributed by atoms with E-state index in [9.17, 15) is 18.3 Å². The molecule has 0 radical (unpaired) electrons. The van der Waals surface area contributed by atoms with Gasteiger partial charge in [-0.25, -0.2) is 0 Å². The standard InChI is InChI=1S/C9H18F3N3O3/c1-18-5-6(16)2-3-14-4-7(8(13)15-17)9(10,11)12/h6-7,14,16-17H,2-5H2,1H3,(H2,13,15). The predicted molar refractivity (Wildman–Crippen MR) is 58.3 cm³/mol. The summed E-state index contributed by atoms with van der Waals surface area (Å²) in [6.07, 6.45) is -5.08. The molecule has 2 atom stereocenters. The lowest BCUT2D eigenvalue weighted by Crippen LogP contribution is -2.43. The van der Waals surface area contributed by atoms with Gasteiger partial charge in [-0.3, -0.25) is 0 Å². The lowest BCUT2D eigenvalue weighted by molar-refractivity contribution is -0.154. The summed E-state index contributed by atoms with van der Waals surface area (Å²) in [5.74, 6) is -2.95. The SMILES string of the molecule is COCC(O)CCNCC(C(N)=NO)C(F)(F)F. The Bertz CT molecular complexity index is 261. The smallest absolute Gasteiger partial charge is 0.400 e. The zero-order chi connectivity index (χ0) is 14.2. The molecule has 0 saturated carbocycles. The Morgan fingerprint density at radius 3 is 2.56 bits per heavy atom. The molecule has 0 bridgehead atoms. The van der Waals surface area contributed by atoms with Crippen LogP contribution in [0.5, 0.6) is 0 Å². The quantitative estimate of drug-likeness (QED) is 0.163. The maximum Gasteiger partial charge on any atom is 0.400 e. The number of alkyl halides is 3. The van der Waals surface area contributed by atoms with E-state index in [0.29, 0.717) is 0 Å². The first-order valence-electron chi connectivity index (χ1n) is 5.24. The number of amidine groups is 1. The van der Waals surface area contributed by atoms with Crippen molar-refractivity contribution >= 4 is 5.84 Å². The molecule has 0 amide bonds. The normalized spacial score (nSPS) is 16.6. The number of methoxy groups -OCH3 is 1. The average molecular weight is 273 g/mol. The molecule has 0 fully saturated rings. The van der Waals surface area contributed by atoms with E-state index in [1.54, 1.807) is 0 Å². The molecule has 0 aliphatic heterocycles. The number of ether oxygens (including phenoxy) is 1. The minimum atomic E-state index is -4.59. The van der Waals surface area contributed by atoms with Gasteiger partial charge in [-0.05, 0) is 13.0 Å². The van der Waals surface area contributed by atoms with E-state index in [4.69, 9.17) is 10.9 Å². The molecule has 18 heavy (non-hydrogen) atoms. The van der Waals surface area contributed by atoms with Crippen molar-refractivity contribution in [3.8, 4) is 0 Å². The van der Waals surface area contributed by atoms with Crippen LogP contribution in [0.4, 0.5) is 13.2 Å². The second kappa shape index (κ2) is 8.11. The van der Waals surface area contributed by atoms with E-state index in [-0.39, 0.29) is 19.6 Å². The maximum atomic E-state index is 12.5. The maximum absolute atomic E-state index is 12.5. The van der Waals surface area contributed by atoms with Crippen LogP contribution in [0.3, 0.4) is 0 Å². The third-order valence-electron chi connectivity index (χ3n) is 2.23. The number of hydrogen-bond donors (Lipinski definition) is 4. The third kappa shape index (κ3) is 6.62. The molecule has 6 nitrogen and oxygen atoms in total. The van der Waals surface area contributed by atoms with Gasteiger partial charge >= 0.3 is 6.18 Å². The van der Waals surface area contributed by atoms with E-state index >= 15 is 0 Å². The van der Waals surface area contributed by atoms with Crippen molar-refractivity contribution in [2.24, 2.45) is 16.8 Å². The predicted octanol–water partition coefficient (Wildman–Crippen LogP) is -0.102. The second-order valence-electron chi connectivity index (χ2n) is 3.72. The van der Waals surface area contributed by atoms with E-state index in [1.807, 2.05) is 0 Å². The van der Waals surface area contributed by atoms with E-state index < -0.39 is 30.6 Å². The molecular weight excluding hydrogens is 255 g/mol. The van der Waals surface area contributed by atoms with Crippen LogP contribution in [0.2, 0.25) is 0 Å². The van der Waals surface area contributed by atoms with Crippen molar-refractivity contribution in [1.29, 1.82) is 0 Å². The summed E-state index contributed by atoms with van der Waals surface area (Å²) in [5.41, 5.74) is 4.96. The molecule has 2 unspecified atom stereocenters. The number of rotatable bonds is 8. The highest BCUT2D eigenvalue weighted by Crippen LogP contribution is 2.25. The second-order valence-corrected chi connectivity index (χ2v) is 3.72. The molecule has 0 spiro atoms. The fraction of sp³-hybridized carbons (Fsp3) is 0.889. The lowest BCUT2D eigenvalue weighted by atomic mass is 10.1. The number of aliphatic hydroxyl groups excluding tert-OH is 1. The van der Waals surface area contributed by atoms with Gasteiger partial charge in [-0.2, -0.15) is 13.2 Å². The van der Waals surface area contributed by atoms with Gasteiger partial charge in [0.05, 0.1) is 12.7 Å². The largest absolute Gasteiger partial charge is 0.409 e. The number of nitrogens with zero attached hydrogens (tertiary/aromatic N) is 1. The summed E-state index contributed by atoms with van der Waals surface area (Å²) < 4.78 is 42.1. The van der Waals surface area contributed by atoms with Crippen LogP contribution in [0.15, 0.2) is 5.16 Å². The first-order chi connectivity index (χ1) is 8.32. The third-order valence-corrected chi connectivity index (χ3v) is 2.23. The van der Waals surface area contributed by atoms with Gasteiger partial charge in [-0.15, -0.1) is 0 Å². The molecule has 0 aromatic rings. The fourth-order valence-corrected chi connectivity index (χ4v) is 1.25. The molecule has 0 saturated heterocycles. The van der Waals surface area contributed by atoms with Crippen LogP contribution in [0.1, 0.15) is 6.42 Å².